The van der Waals surface area contributed by atoms with E-state index in [2.05, 4.69) is 13.8 Å². The first kappa shape index (κ1) is 14.3. The Kier molecular flexibility index (Phi) is 4.46. The van der Waals surface area contributed by atoms with E-state index in [0.29, 0.717) is 23.1 Å². The molecular weight excluding hydrogens is 243 g/mol. The zero-order valence-electron chi connectivity index (χ0n) is 11.9. The van der Waals surface area contributed by atoms with Gasteiger partial charge in [-0.15, -0.1) is 0 Å². The van der Waals surface area contributed by atoms with Gasteiger partial charge in [0.15, 0.2) is 0 Å². The standard InChI is InChI=1S/C16H23FO2/c1-10-6-11(2)8-14(7-10)19-13-4-5-15(12(3)18)16(17)9-13/h4-5,9-12,14,18H,6-8H2,1-3H3/t10?,11?,12-,14?/m1/s1. The maximum absolute atomic E-state index is 13.8. The largest absolute Gasteiger partial charge is 0.490 e. The molecule has 3 atom stereocenters. The van der Waals surface area contributed by atoms with Crippen molar-refractivity contribution in [3.8, 4) is 5.75 Å². The third-order valence-corrected chi connectivity index (χ3v) is 3.86. The van der Waals surface area contributed by atoms with Gasteiger partial charge in [0.25, 0.3) is 0 Å². The highest BCUT2D eigenvalue weighted by molar-refractivity contribution is 5.30. The van der Waals surface area contributed by atoms with Gasteiger partial charge in [0.05, 0.1) is 12.2 Å². The maximum atomic E-state index is 13.8. The summed E-state index contributed by atoms with van der Waals surface area (Å²) < 4.78 is 19.7. The number of hydrogen-bond acceptors (Lipinski definition) is 2. The molecule has 1 N–H and O–H groups in total. The Balaban J connectivity index is 2.05. The van der Waals surface area contributed by atoms with Crippen molar-refractivity contribution in [2.45, 2.75) is 52.2 Å². The summed E-state index contributed by atoms with van der Waals surface area (Å²) in [5.74, 6) is 1.49. The fraction of sp³-hybridized carbons (Fsp3) is 0.625. The number of hydrogen-bond donors (Lipinski definition) is 1. The molecule has 1 fully saturated rings. The average molecular weight is 266 g/mol. The lowest BCUT2D eigenvalue weighted by molar-refractivity contribution is 0.101. The highest BCUT2D eigenvalue weighted by atomic mass is 19.1. The summed E-state index contributed by atoms with van der Waals surface area (Å²) >= 11 is 0. The van der Waals surface area contributed by atoms with Gasteiger partial charge in [-0.2, -0.15) is 0 Å². The van der Waals surface area contributed by atoms with Crippen molar-refractivity contribution in [1.29, 1.82) is 0 Å². The van der Waals surface area contributed by atoms with Crippen molar-refractivity contribution in [3.63, 3.8) is 0 Å². The van der Waals surface area contributed by atoms with Crippen LogP contribution in [0.2, 0.25) is 0 Å². The first-order valence-electron chi connectivity index (χ1n) is 7.10. The van der Waals surface area contributed by atoms with E-state index in [1.807, 2.05) is 0 Å². The molecule has 0 aromatic heterocycles. The summed E-state index contributed by atoms with van der Waals surface area (Å²) in [6.45, 7) is 6.04. The van der Waals surface area contributed by atoms with E-state index in [-0.39, 0.29) is 6.10 Å². The number of benzene rings is 1. The quantitative estimate of drug-likeness (QED) is 0.893. The maximum Gasteiger partial charge on any atom is 0.132 e. The minimum Gasteiger partial charge on any atom is -0.490 e. The van der Waals surface area contributed by atoms with Crippen LogP contribution < -0.4 is 4.74 Å². The molecule has 2 rings (SSSR count). The van der Waals surface area contributed by atoms with Crippen LogP contribution in [0.15, 0.2) is 18.2 Å². The van der Waals surface area contributed by atoms with Crippen molar-refractivity contribution in [3.05, 3.63) is 29.6 Å². The molecule has 19 heavy (non-hydrogen) atoms. The van der Waals surface area contributed by atoms with Crippen molar-refractivity contribution < 1.29 is 14.2 Å². The fourth-order valence-corrected chi connectivity index (χ4v) is 3.08. The molecule has 0 spiro atoms. The molecule has 2 nitrogen and oxygen atoms in total. The molecule has 1 saturated carbocycles. The molecule has 0 heterocycles. The van der Waals surface area contributed by atoms with Crippen LogP contribution in [0.1, 0.15) is 51.7 Å². The van der Waals surface area contributed by atoms with Crippen LogP contribution in [-0.4, -0.2) is 11.2 Å². The minimum atomic E-state index is -0.788. The van der Waals surface area contributed by atoms with E-state index < -0.39 is 11.9 Å². The molecule has 0 aliphatic heterocycles. The van der Waals surface area contributed by atoms with Crippen LogP contribution >= 0.6 is 0 Å². The Labute approximate surface area is 114 Å². The molecule has 0 amide bonds. The van der Waals surface area contributed by atoms with E-state index in [1.165, 1.54) is 12.5 Å². The Morgan fingerprint density at radius 1 is 1.21 bits per heavy atom. The first-order chi connectivity index (χ1) is 8.95. The molecule has 1 aromatic carbocycles. The van der Waals surface area contributed by atoms with E-state index in [4.69, 9.17) is 4.74 Å². The number of aliphatic hydroxyl groups excluding tert-OH is 1. The van der Waals surface area contributed by atoms with E-state index >= 15 is 0 Å². The van der Waals surface area contributed by atoms with Crippen LogP contribution in [-0.2, 0) is 0 Å². The smallest absolute Gasteiger partial charge is 0.132 e. The minimum absolute atomic E-state index is 0.176. The second-order valence-electron chi connectivity index (χ2n) is 6.02. The molecular formula is C16H23FO2. The predicted molar refractivity (Wildman–Crippen MR) is 73.6 cm³/mol. The number of rotatable bonds is 3. The fourth-order valence-electron chi connectivity index (χ4n) is 3.08. The third-order valence-electron chi connectivity index (χ3n) is 3.86. The van der Waals surface area contributed by atoms with Gasteiger partial charge in [0.2, 0.25) is 0 Å². The summed E-state index contributed by atoms with van der Waals surface area (Å²) in [5.41, 5.74) is 0.317. The summed E-state index contributed by atoms with van der Waals surface area (Å²) in [6.07, 6.45) is 2.70. The molecule has 1 aliphatic rings. The lowest BCUT2D eigenvalue weighted by Gasteiger charge is -2.31. The van der Waals surface area contributed by atoms with Gasteiger partial charge in [-0.1, -0.05) is 13.8 Å². The first-order valence-corrected chi connectivity index (χ1v) is 7.10. The van der Waals surface area contributed by atoms with Crippen LogP contribution in [0.4, 0.5) is 4.39 Å². The lowest BCUT2D eigenvalue weighted by atomic mass is 9.82. The Morgan fingerprint density at radius 3 is 2.37 bits per heavy atom. The summed E-state index contributed by atoms with van der Waals surface area (Å²) in [4.78, 5) is 0. The van der Waals surface area contributed by atoms with Gasteiger partial charge >= 0.3 is 0 Å². The zero-order valence-corrected chi connectivity index (χ0v) is 11.9. The Morgan fingerprint density at radius 2 is 1.84 bits per heavy atom. The second-order valence-corrected chi connectivity index (χ2v) is 6.02. The molecule has 1 aromatic rings. The SMILES string of the molecule is CC1CC(C)CC(Oc2ccc([C@@H](C)O)c(F)c2)C1. The molecule has 106 valence electrons. The molecule has 2 unspecified atom stereocenters. The van der Waals surface area contributed by atoms with Crippen LogP contribution in [0, 0.1) is 17.7 Å². The normalized spacial score (nSPS) is 29.0. The number of aliphatic hydroxyl groups is 1. The Bertz CT molecular complexity index is 421. The van der Waals surface area contributed by atoms with Gasteiger partial charge in [-0.05, 0) is 50.2 Å². The van der Waals surface area contributed by atoms with Crippen LogP contribution in [0.3, 0.4) is 0 Å². The predicted octanol–water partition coefficient (Wildman–Crippen LogP) is 4.08. The summed E-state index contributed by atoms with van der Waals surface area (Å²) in [6, 6.07) is 4.73. The van der Waals surface area contributed by atoms with Crippen molar-refractivity contribution in [2.24, 2.45) is 11.8 Å². The molecule has 3 heteroatoms. The van der Waals surface area contributed by atoms with Crippen LogP contribution in [0.5, 0.6) is 5.75 Å². The van der Waals surface area contributed by atoms with Gasteiger partial charge < -0.3 is 9.84 Å². The zero-order chi connectivity index (χ0) is 14.0. The van der Waals surface area contributed by atoms with Crippen molar-refractivity contribution in [1.82, 2.24) is 0 Å². The van der Waals surface area contributed by atoms with Gasteiger partial charge in [0.1, 0.15) is 11.6 Å². The van der Waals surface area contributed by atoms with E-state index in [0.717, 1.165) is 12.8 Å². The van der Waals surface area contributed by atoms with Gasteiger partial charge in [0, 0.05) is 11.6 Å². The summed E-state index contributed by atoms with van der Waals surface area (Å²) in [5, 5.41) is 9.41. The Hall–Kier alpha value is -1.09. The van der Waals surface area contributed by atoms with Crippen molar-refractivity contribution in [2.75, 3.05) is 0 Å². The third kappa shape index (κ3) is 3.69. The highest BCUT2D eigenvalue weighted by Gasteiger charge is 2.25. The molecule has 0 bridgehead atoms. The average Bonchev–Trinajstić information content (AvgIpc) is 2.26. The highest BCUT2D eigenvalue weighted by Crippen LogP contribution is 2.32. The van der Waals surface area contributed by atoms with E-state index in [1.54, 1.807) is 19.1 Å². The lowest BCUT2D eigenvalue weighted by Crippen LogP contribution is -2.28. The molecule has 0 saturated heterocycles. The van der Waals surface area contributed by atoms with E-state index in [9.17, 15) is 9.50 Å². The molecule has 0 radical (unpaired) electrons. The van der Waals surface area contributed by atoms with Crippen LogP contribution in [0.25, 0.3) is 0 Å². The second kappa shape index (κ2) is 5.91. The number of ether oxygens (including phenoxy) is 1. The summed E-state index contributed by atoms with van der Waals surface area (Å²) in [7, 11) is 0. The molecule has 1 aliphatic carbocycles. The van der Waals surface area contributed by atoms with Gasteiger partial charge in [-0.25, -0.2) is 4.39 Å². The van der Waals surface area contributed by atoms with Crippen molar-refractivity contribution >= 4 is 0 Å². The van der Waals surface area contributed by atoms with Gasteiger partial charge in [-0.3, -0.25) is 0 Å². The topological polar surface area (TPSA) is 29.5 Å². The monoisotopic (exact) mass is 266 g/mol. The number of halogens is 1.